The van der Waals surface area contributed by atoms with Gasteiger partial charge in [-0.1, -0.05) is 13.3 Å². The first-order valence-electron chi connectivity index (χ1n) is 6.07. The lowest BCUT2D eigenvalue weighted by Crippen LogP contribution is -2.56. The molecule has 1 aliphatic heterocycles. The first kappa shape index (κ1) is 14.4. The van der Waals surface area contributed by atoms with Crippen molar-refractivity contribution in [1.29, 1.82) is 0 Å². The molecule has 0 aliphatic carbocycles. The summed E-state index contributed by atoms with van der Waals surface area (Å²) in [4.78, 5) is 11.9. The lowest BCUT2D eigenvalue weighted by molar-refractivity contribution is -0.126. The Balaban J connectivity index is 2.57. The largest absolute Gasteiger partial charge is 0.351 e. The van der Waals surface area contributed by atoms with Gasteiger partial charge in [-0.3, -0.25) is 4.79 Å². The number of carbonyl (C=O) groups is 1. The van der Waals surface area contributed by atoms with E-state index in [-0.39, 0.29) is 23.5 Å². The smallest absolute Gasteiger partial charge is 0.240 e. The van der Waals surface area contributed by atoms with Crippen LogP contribution in [0, 0.1) is 0 Å². The molecule has 1 fully saturated rings. The van der Waals surface area contributed by atoms with E-state index >= 15 is 0 Å². The molecule has 0 aromatic rings. The summed E-state index contributed by atoms with van der Waals surface area (Å²) in [5.41, 5.74) is 4.99. The highest BCUT2D eigenvalue weighted by Crippen LogP contribution is 2.14. The first-order chi connectivity index (χ1) is 7.77. The summed E-state index contributed by atoms with van der Waals surface area (Å²) in [7, 11) is -2.99. The van der Waals surface area contributed by atoms with Gasteiger partial charge in [0.05, 0.1) is 17.0 Å². The predicted molar refractivity (Wildman–Crippen MR) is 67.3 cm³/mol. The highest BCUT2D eigenvalue weighted by Gasteiger charge is 2.32. The number of nitrogens with two attached hydrogens (primary N) is 1. The highest BCUT2D eigenvalue weighted by molar-refractivity contribution is 7.91. The van der Waals surface area contributed by atoms with Gasteiger partial charge in [0.15, 0.2) is 9.84 Å². The van der Waals surface area contributed by atoms with Gasteiger partial charge in [-0.15, -0.1) is 0 Å². The van der Waals surface area contributed by atoms with E-state index in [4.69, 9.17) is 5.73 Å². The van der Waals surface area contributed by atoms with Crippen molar-refractivity contribution in [2.75, 3.05) is 11.5 Å². The summed E-state index contributed by atoms with van der Waals surface area (Å²) in [5, 5.41) is 2.76. The average Bonchev–Trinajstić information content (AvgIpc) is 2.15. The Morgan fingerprint density at radius 3 is 2.71 bits per heavy atom. The molecule has 0 spiro atoms. The number of carbonyl (C=O) groups excluding carboxylic acids is 1. The quantitative estimate of drug-likeness (QED) is 0.757. The molecule has 1 heterocycles. The molecule has 1 saturated heterocycles. The minimum Gasteiger partial charge on any atom is -0.351 e. The van der Waals surface area contributed by atoms with Crippen LogP contribution in [0.4, 0.5) is 0 Å². The number of hydrogen-bond acceptors (Lipinski definition) is 4. The van der Waals surface area contributed by atoms with Gasteiger partial charge >= 0.3 is 0 Å². The third kappa shape index (κ3) is 4.27. The zero-order valence-corrected chi connectivity index (χ0v) is 11.3. The predicted octanol–water partition coefficient (Wildman–Crippen LogP) is 0.197. The minimum absolute atomic E-state index is 0.0426. The van der Waals surface area contributed by atoms with Crippen LogP contribution in [-0.4, -0.2) is 37.4 Å². The summed E-state index contributed by atoms with van der Waals surface area (Å²) in [6, 6.07) is -0.277. The fourth-order valence-electron chi connectivity index (χ4n) is 2.12. The Hall–Kier alpha value is -0.620. The summed E-state index contributed by atoms with van der Waals surface area (Å²) in [5.74, 6) is 0.0243. The summed E-state index contributed by atoms with van der Waals surface area (Å²) in [6.45, 7) is 3.65. The molecule has 17 heavy (non-hydrogen) atoms. The van der Waals surface area contributed by atoms with Crippen LogP contribution in [0.25, 0.3) is 0 Å². The molecule has 2 atom stereocenters. The Bertz CT molecular complexity index is 376. The normalized spacial score (nSPS) is 27.1. The topological polar surface area (TPSA) is 89.3 Å². The molecule has 0 radical (unpaired) electrons. The van der Waals surface area contributed by atoms with Gasteiger partial charge < -0.3 is 11.1 Å². The fourth-order valence-corrected chi connectivity index (χ4v) is 3.76. The van der Waals surface area contributed by atoms with E-state index in [0.717, 1.165) is 6.42 Å². The highest BCUT2D eigenvalue weighted by atomic mass is 32.2. The number of nitrogens with one attached hydrogen (secondary N) is 1. The Kier molecular flexibility index (Phi) is 4.55. The van der Waals surface area contributed by atoms with Crippen LogP contribution in [0.2, 0.25) is 0 Å². The molecule has 100 valence electrons. The first-order valence-corrected chi connectivity index (χ1v) is 7.89. The SMILES string of the molecule is CCCC(C)(N)C(=O)NC1CCCS(=O)(=O)C1. The number of amides is 1. The Morgan fingerprint density at radius 1 is 1.53 bits per heavy atom. The maximum Gasteiger partial charge on any atom is 0.240 e. The van der Waals surface area contributed by atoms with Gasteiger partial charge in [0.25, 0.3) is 0 Å². The molecule has 0 saturated carbocycles. The monoisotopic (exact) mass is 262 g/mol. The van der Waals surface area contributed by atoms with E-state index in [1.165, 1.54) is 0 Å². The third-order valence-electron chi connectivity index (χ3n) is 3.09. The average molecular weight is 262 g/mol. The van der Waals surface area contributed by atoms with Crippen molar-refractivity contribution < 1.29 is 13.2 Å². The number of hydrogen-bond donors (Lipinski definition) is 2. The molecule has 1 amide bonds. The molecule has 5 nitrogen and oxygen atoms in total. The zero-order chi connectivity index (χ0) is 13.1. The summed E-state index contributed by atoms with van der Waals surface area (Å²) in [6.07, 6.45) is 2.75. The van der Waals surface area contributed by atoms with Crippen LogP contribution in [0.5, 0.6) is 0 Å². The van der Waals surface area contributed by atoms with E-state index in [0.29, 0.717) is 19.3 Å². The van der Waals surface area contributed by atoms with Gasteiger partial charge in [0.2, 0.25) is 5.91 Å². The maximum atomic E-state index is 11.9. The molecule has 0 bridgehead atoms. The van der Waals surface area contributed by atoms with Gasteiger partial charge in [-0.25, -0.2) is 8.42 Å². The Morgan fingerprint density at radius 2 is 2.18 bits per heavy atom. The Labute approximate surface area is 103 Å². The van der Waals surface area contributed by atoms with Gasteiger partial charge in [0.1, 0.15) is 0 Å². The fraction of sp³-hybridized carbons (Fsp3) is 0.909. The van der Waals surface area contributed by atoms with E-state index in [1.807, 2.05) is 6.92 Å². The van der Waals surface area contributed by atoms with Crippen molar-refractivity contribution in [3.05, 3.63) is 0 Å². The second-order valence-corrected chi connectivity index (χ2v) is 7.32. The lowest BCUT2D eigenvalue weighted by atomic mass is 9.96. The van der Waals surface area contributed by atoms with Crippen molar-refractivity contribution in [3.8, 4) is 0 Å². The second kappa shape index (κ2) is 5.35. The van der Waals surface area contributed by atoms with Crippen molar-refractivity contribution >= 4 is 15.7 Å². The van der Waals surface area contributed by atoms with Crippen LogP contribution in [-0.2, 0) is 14.6 Å². The molecule has 0 aromatic heterocycles. The van der Waals surface area contributed by atoms with Crippen molar-refractivity contribution in [1.82, 2.24) is 5.32 Å². The van der Waals surface area contributed by atoms with E-state index in [2.05, 4.69) is 5.32 Å². The van der Waals surface area contributed by atoms with Crippen LogP contribution < -0.4 is 11.1 Å². The molecule has 3 N–H and O–H groups in total. The number of sulfone groups is 1. The van der Waals surface area contributed by atoms with Crippen LogP contribution >= 0.6 is 0 Å². The van der Waals surface area contributed by atoms with E-state index in [1.54, 1.807) is 6.92 Å². The maximum absolute atomic E-state index is 11.9. The summed E-state index contributed by atoms with van der Waals surface area (Å²) < 4.78 is 22.9. The standard InChI is InChI=1S/C11H22N2O3S/c1-3-6-11(2,12)10(14)13-9-5-4-7-17(15,16)8-9/h9H,3-8,12H2,1-2H3,(H,13,14). The molecule has 1 aliphatic rings. The van der Waals surface area contributed by atoms with Crippen LogP contribution in [0.15, 0.2) is 0 Å². The van der Waals surface area contributed by atoms with Crippen molar-refractivity contribution in [3.63, 3.8) is 0 Å². The van der Waals surface area contributed by atoms with Gasteiger partial charge in [-0.05, 0) is 26.2 Å². The number of rotatable bonds is 4. The summed E-state index contributed by atoms with van der Waals surface area (Å²) >= 11 is 0. The minimum atomic E-state index is -2.99. The third-order valence-corrected chi connectivity index (χ3v) is 4.91. The molecule has 0 aromatic carbocycles. The van der Waals surface area contributed by atoms with Gasteiger partial charge in [0, 0.05) is 6.04 Å². The zero-order valence-electron chi connectivity index (χ0n) is 10.5. The second-order valence-electron chi connectivity index (χ2n) is 5.09. The molecular weight excluding hydrogens is 240 g/mol. The van der Waals surface area contributed by atoms with Crippen molar-refractivity contribution in [2.24, 2.45) is 5.73 Å². The molecule has 1 rings (SSSR count). The molecular formula is C11H22N2O3S. The molecule has 6 heteroatoms. The van der Waals surface area contributed by atoms with E-state index < -0.39 is 15.4 Å². The lowest BCUT2D eigenvalue weighted by Gasteiger charge is -2.28. The molecule has 2 unspecified atom stereocenters. The van der Waals surface area contributed by atoms with Crippen LogP contribution in [0.1, 0.15) is 39.5 Å². The van der Waals surface area contributed by atoms with Crippen LogP contribution in [0.3, 0.4) is 0 Å². The van der Waals surface area contributed by atoms with E-state index in [9.17, 15) is 13.2 Å². The van der Waals surface area contributed by atoms with Gasteiger partial charge in [-0.2, -0.15) is 0 Å². The van der Waals surface area contributed by atoms with Crippen molar-refractivity contribution in [2.45, 2.75) is 51.1 Å².